The predicted octanol–water partition coefficient (Wildman–Crippen LogP) is 1.20. The maximum absolute atomic E-state index is 10.7. The van der Waals surface area contributed by atoms with Crippen LogP contribution in [-0.2, 0) is 9.53 Å². The van der Waals surface area contributed by atoms with Crippen molar-refractivity contribution < 1.29 is 9.53 Å². The molecule has 1 unspecified atom stereocenters. The van der Waals surface area contributed by atoms with Gasteiger partial charge in [-0.3, -0.25) is 4.79 Å². The van der Waals surface area contributed by atoms with Gasteiger partial charge in [-0.15, -0.1) is 6.42 Å². The molecule has 0 aliphatic carbocycles. The molecule has 0 radical (unpaired) electrons. The van der Waals surface area contributed by atoms with Crippen LogP contribution in [0.4, 0.5) is 0 Å². The summed E-state index contributed by atoms with van der Waals surface area (Å²) in [6.45, 7) is 1.86. The molecule has 1 saturated heterocycles. The van der Waals surface area contributed by atoms with Crippen molar-refractivity contribution in [3.8, 4) is 12.3 Å². The van der Waals surface area contributed by atoms with E-state index in [0.29, 0.717) is 19.7 Å². The van der Waals surface area contributed by atoms with E-state index in [1.807, 2.05) is 24.3 Å². The molecule has 1 amide bonds. The fraction of sp³-hybridized carbons (Fsp3) is 0.308. The molecule has 0 aromatic heterocycles. The minimum Gasteiger partial charge on any atom is -0.370 e. The van der Waals surface area contributed by atoms with Gasteiger partial charge in [-0.05, 0) is 17.7 Å². The van der Waals surface area contributed by atoms with Crippen molar-refractivity contribution in [2.24, 2.45) is 0 Å². The summed E-state index contributed by atoms with van der Waals surface area (Å²) in [5.41, 5.74) is 1.91. The summed E-state index contributed by atoms with van der Waals surface area (Å²) in [6, 6.07) is 7.68. The van der Waals surface area contributed by atoms with Gasteiger partial charge in [0.1, 0.15) is 6.10 Å². The Morgan fingerprint density at radius 1 is 1.44 bits per heavy atom. The zero-order valence-electron chi connectivity index (χ0n) is 8.93. The first kappa shape index (κ1) is 10.7. The average molecular weight is 215 g/mol. The van der Waals surface area contributed by atoms with E-state index in [4.69, 9.17) is 11.2 Å². The largest absolute Gasteiger partial charge is 0.370 e. The zero-order valence-corrected chi connectivity index (χ0v) is 8.93. The third-order valence-electron chi connectivity index (χ3n) is 2.70. The first-order valence-corrected chi connectivity index (χ1v) is 5.21. The summed E-state index contributed by atoms with van der Waals surface area (Å²) in [4.78, 5) is 12.4. The lowest BCUT2D eigenvalue weighted by Crippen LogP contribution is -2.37. The van der Waals surface area contributed by atoms with Crippen molar-refractivity contribution in [1.29, 1.82) is 0 Å². The average Bonchev–Trinajstić information content (AvgIpc) is 2.39. The molecule has 1 aliphatic heterocycles. The minimum atomic E-state index is -0.0363. The number of carbonyl (C=O) groups is 1. The van der Waals surface area contributed by atoms with Gasteiger partial charge in [0.15, 0.2) is 0 Å². The van der Waals surface area contributed by atoms with Crippen molar-refractivity contribution in [1.82, 2.24) is 4.90 Å². The van der Waals surface area contributed by atoms with E-state index in [0.717, 1.165) is 17.5 Å². The smallest absolute Gasteiger partial charge is 0.209 e. The summed E-state index contributed by atoms with van der Waals surface area (Å²) in [5.74, 6) is 2.57. The highest BCUT2D eigenvalue weighted by atomic mass is 16.5. The Morgan fingerprint density at radius 3 is 2.81 bits per heavy atom. The van der Waals surface area contributed by atoms with E-state index in [9.17, 15) is 4.79 Å². The summed E-state index contributed by atoms with van der Waals surface area (Å²) in [5, 5.41) is 0. The van der Waals surface area contributed by atoms with E-state index in [1.165, 1.54) is 0 Å². The summed E-state index contributed by atoms with van der Waals surface area (Å²) in [7, 11) is 0. The Morgan fingerprint density at radius 2 is 2.19 bits per heavy atom. The SMILES string of the molecule is C#Cc1ccc(C2CN(C=O)CCO2)cc1. The monoisotopic (exact) mass is 215 g/mol. The molecule has 82 valence electrons. The van der Waals surface area contributed by atoms with Crippen LogP contribution in [0.25, 0.3) is 0 Å². The lowest BCUT2D eigenvalue weighted by atomic mass is 10.1. The lowest BCUT2D eigenvalue weighted by molar-refractivity contribution is -0.125. The van der Waals surface area contributed by atoms with Gasteiger partial charge in [0.25, 0.3) is 0 Å². The van der Waals surface area contributed by atoms with E-state index < -0.39 is 0 Å². The Bertz CT molecular complexity index is 405. The van der Waals surface area contributed by atoms with Crippen molar-refractivity contribution in [3.63, 3.8) is 0 Å². The molecule has 16 heavy (non-hydrogen) atoms. The van der Waals surface area contributed by atoms with Gasteiger partial charge in [-0.25, -0.2) is 0 Å². The predicted molar refractivity (Wildman–Crippen MR) is 60.7 cm³/mol. The van der Waals surface area contributed by atoms with Crippen molar-refractivity contribution in [3.05, 3.63) is 35.4 Å². The number of carbonyl (C=O) groups excluding carboxylic acids is 1. The fourth-order valence-corrected chi connectivity index (χ4v) is 1.76. The molecule has 1 aromatic rings. The van der Waals surface area contributed by atoms with Crippen LogP contribution in [-0.4, -0.2) is 31.0 Å². The van der Waals surface area contributed by atoms with E-state index >= 15 is 0 Å². The molecule has 1 fully saturated rings. The highest BCUT2D eigenvalue weighted by Crippen LogP contribution is 2.21. The zero-order chi connectivity index (χ0) is 11.4. The van der Waals surface area contributed by atoms with E-state index in [1.54, 1.807) is 4.90 Å². The molecule has 0 N–H and O–H groups in total. The van der Waals surface area contributed by atoms with E-state index in [-0.39, 0.29) is 6.10 Å². The van der Waals surface area contributed by atoms with Gasteiger partial charge in [-0.2, -0.15) is 0 Å². The molecule has 1 aromatic carbocycles. The Labute approximate surface area is 95.0 Å². The lowest BCUT2D eigenvalue weighted by Gasteiger charge is -2.30. The molecule has 1 aliphatic rings. The van der Waals surface area contributed by atoms with Gasteiger partial charge >= 0.3 is 0 Å². The number of nitrogens with zero attached hydrogens (tertiary/aromatic N) is 1. The highest BCUT2D eigenvalue weighted by Gasteiger charge is 2.20. The fourth-order valence-electron chi connectivity index (χ4n) is 1.76. The van der Waals surface area contributed by atoms with Crippen LogP contribution in [0, 0.1) is 12.3 Å². The quantitative estimate of drug-likeness (QED) is 0.548. The molecule has 3 nitrogen and oxygen atoms in total. The number of rotatable bonds is 2. The molecule has 3 heteroatoms. The normalized spacial score (nSPS) is 20.2. The number of morpholine rings is 1. The number of terminal acetylenes is 1. The van der Waals surface area contributed by atoms with Gasteiger partial charge < -0.3 is 9.64 Å². The second kappa shape index (κ2) is 4.82. The van der Waals surface area contributed by atoms with Gasteiger partial charge in [-0.1, -0.05) is 18.1 Å². The number of amides is 1. The molecule has 0 saturated carbocycles. The van der Waals surface area contributed by atoms with Crippen LogP contribution in [0.15, 0.2) is 24.3 Å². The maximum atomic E-state index is 10.7. The van der Waals surface area contributed by atoms with Crippen LogP contribution < -0.4 is 0 Å². The van der Waals surface area contributed by atoms with Crippen LogP contribution >= 0.6 is 0 Å². The van der Waals surface area contributed by atoms with Crippen molar-refractivity contribution in [2.45, 2.75) is 6.10 Å². The number of hydrogen-bond donors (Lipinski definition) is 0. The van der Waals surface area contributed by atoms with Gasteiger partial charge in [0, 0.05) is 12.1 Å². The molecule has 0 spiro atoms. The number of ether oxygens (including phenoxy) is 1. The van der Waals surface area contributed by atoms with Crippen LogP contribution in [0.2, 0.25) is 0 Å². The molecular formula is C13H13NO2. The topological polar surface area (TPSA) is 29.5 Å². The summed E-state index contributed by atoms with van der Waals surface area (Å²) < 4.78 is 5.62. The van der Waals surface area contributed by atoms with E-state index in [2.05, 4.69) is 5.92 Å². The standard InChI is InChI=1S/C13H13NO2/c1-2-11-3-5-12(6-4-11)13-9-14(10-15)7-8-16-13/h1,3-6,10,13H,7-9H2. The first-order chi connectivity index (χ1) is 7.83. The minimum absolute atomic E-state index is 0.0363. The number of hydrogen-bond acceptors (Lipinski definition) is 2. The van der Waals surface area contributed by atoms with Crippen LogP contribution in [0.1, 0.15) is 17.2 Å². The summed E-state index contributed by atoms with van der Waals surface area (Å²) in [6.07, 6.45) is 6.12. The van der Waals surface area contributed by atoms with Gasteiger partial charge in [0.05, 0.1) is 13.2 Å². The Balaban J connectivity index is 2.11. The highest BCUT2D eigenvalue weighted by molar-refractivity contribution is 5.47. The Hall–Kier alpha value is -1.79. The van der Waals surface area contributed by atoms with Crippen LogP contribution in [0.5, 0.6) is 0 Å². The molecule has 1 atom stereocenters. The third kappa shape index (κ3) is 2.23. The molecule has 1 heterocycles. The third-order valence-corrected chi connectivity index (χ3v) is 2.70. The molecular weight excluding hydrogens is 202 g/mol. The number of benzene rings is 1. The van der Waals surface area contributed by atoms with Gasteiger partial charge in [0.2, 0.25) is 6.41 Å². The molecule has 0 bridgehead atoms. The maximum Gasteiger partial charge on any atom is 0.209 e. The summed E-state index contributed by atoms with van der Waals surface area (Å²) >= 11 is 0. The van der Waals surface area contributed by atoms with Crippen molar-refractivity contribution >= 4 is 6.41 Å². The molecule has 2 rings (SSSR count). The Kier molecular flexibility index (Phi) is 3.23. The second-order valence-electron chi connectivity index (χ2n) is 3.73. The second-order valence-corrected chi connectivity index (χ2v) is 3.73. The van der Waals surface area contributed by atoms with Crippen LogP contribution in [0.3, 0.4) is 0 Å². The van der Waals surface area contributed by atoms with Crippen molar-refractivity contribution in [2.75, 3.05) is 19.7 Å². The first-order valence-electron chi connectivity index (χ1n) is 5.21.